The summed E-state index contributed by atoms with van der Waals surface area (Å²) >= 11 is 0. The van der Waals surface area contributed by atoms with Crippen LogP contribution in [0.5, 0.6) is 0 Å². The summed E-state index contributed by atoms with van der Waals surface area (Å²) in [6.45, 7) is 1.37. The van der Waals surface area contributed by atoms with Crippen LogP contribution < -0.4 is 0 Å². The van der Waals surface area contributed by atoms with Crippen LogP contribution >= 0.6 is 0 Å². The Bertz CT molecular complexity index is 685. The fourth-order valence-corrected chi connectivity index (χ4v) is 4.13. The predicted molar refractivity (Wildman–Crippen MR) is 77.5 cm³/mol. The van der Waals surface area contributed by atoms with Crippen molar-refractivity contribution in [3.8, 4) is 0 Å². The molecule has 0 unspecified atom stereocenters. The Kier molecular flexibility index (Phi) is 2.51. The molecule has 2 saturated carbocycles. The van der Waals surface area contributed by atoms with Crippen LogP contribution in [0.1, 0.15) is 67.5 Å². The molecule has 0 atom stereocenters. The highest BCUT2D eigenvalue weighted by Crippen LogP contribution is 2.51. The molecule has 1 N–H and O–H groups in total. The molecule has 1 aromatic rings. The second kappa shape index (κ2) is 4.09. The minimum atomic E-state index is -0.550. The Labute approximate surface area is 123 Å². The third-order valence-corrected chi connectivity index (χ3v) is 5.25. The fraction of sp³-hybridized carbons (Fsp3) is 0.529. The third-order valence-electron chi connectivity index (χ3n) is 5.25. The summed E-state index contributed by atoms with van der Waals surface area (Å²) in [6.07, 6.45) is 5.96. The Morgan fingerprint density at radius 3 is 2.52 bits per heavy atom. The summed E-state index contributed by atoms with van der Waals surface area (Å²) in [7, 11) is 0. The predicted octanol–water partition coefficient (Wildman–Crippen LogP) is 3.23. The molecule has 0 bridgehead atoms. The first-order valence-electron chi connectivity index (χ1n) is 7.78. The van der Waals surface area contributed by atoms with E-state index in [2.05, 4.69) is 4.57 Å². The average Bonchev–Trinajstić information content (AvgIpc) is 3.01. The van der Waals surface area contributed by atoms with Crippen LogP contribution in [0, 0.1) is 0 Å². The molecule has 1 aromatic heterocycles. The van der Waals surface area contributed by atoms with Gasteiger partial charge in [0.15, 0.2) is 5.78 Å². The molecule has 2 aliphatic carbocycles. The van der Waals surface area contributed by atoms with Crippen LogP contribution in [0.2, 0.25) is 0 Å². The average molecular weight is 285 g/mol. The van der Waals surface area contributed by atoms with E-state index in [-0.39, 0.29) is 22.9 Å². The van der Waals surface area contributed by atoms with E-state index >= 15 is 0 Å². The topological polar surface area (TPSA) is 59.3 Å². The van der Waals surface area contributed by atoms with E-state index in [1.807, 2.05) is 12.1 Å². The monoisotopic (exact) mass is 285 g/mol. The van der Waals surface area contributed by atoms with Crippen LogP contribution in [-0.4, -0.2) is 21.2 Å². The SMILES string of the molecule is CC(=O)C1=C(O)C2(CCCC2)n2c(ccc2C2CC2)C1=O. The van der Waals surface area contributed by atoms with Crippen molar-refractivity contribution in [3.63, 3.8) is 0 Å². The second-order valence-electron chi connectivity index (χ2n) is 6.60. The number of aromatic nitrogens is 1. The van der Waals surface area contributed by atoms with Gasteiger partial charge in [0.25, 0.3) is 0 Å². The molecular formula is C17H19NO3. The van der Waals surface area contributed by atoms with Gasteiger partial charge in [-0.2, -0.15) is 0 Å². The molecule has 0 aromatic carbocycles. The Balaban J connectivity index is 2.00. The minimum absolute atomic E-state index is 0.00449. The number of aliphatic hydroxyl groups is 1. The molecule has 0 saturated heterocycles. The standard InChI is InChI=1S/C17H19NO3/c1-10(19)14-15(20)13-7-6-12(11-4-5-11)18(13)17(16(14)21)8-2-3-9-17/h6-7,11,21H,2-5,8-9H2,1H3. The van der Waals surface area contributed by atoms with E-state index < -0.39 is 5.54 Å². The number of nitrogens with zero attached hydrogens (tertiary/aromatic N) is 1. The lowest BCUT2D eigenvalue weighted by atomic mass is 9.84. The number of hydrogen-bond acceptors (Lipinski definition) is 3. The number of aliphatic hydroxyl groups excluding tert-OH is 1. The molecule has 0 radical (unpaired) electrons. The van der Waals surface area contributed by atoms with Gasteiger partial charge in [0.2, 0.25) is 5.78 Å². The molecule has 3 aliphatic rings. The van der Waals surface area contributed by atoms with Gasteiger partial charge in [0.1, 0.15) is 16.9 Å². The number of rotatable bonds is 2. The zero-order valence-electron chi connectivity index (χ0n) is 12.2. The molecule has 2 fully saturated rings. The maximum Gasteiger partial charge on any atom is 0.216 e. The first kappa shape index (κ1) is 12.9. The molecule has 21 heavy (non-hydrogen) atoms. The summed E-state index contributed by atoms with van der Waals surface area (Å²) in [4.78, 5) is 24.5. The highest BCUT2D eigenvalue weighted by atomic mass is 16.3. The van der Waals surface area contributed by atoms with Gasteiger partial charge in [-0.25, -0.2) is 0 Å². The molecule has 4 heteroatoms. The van der Waals surface area contributed by atoms with Crippen molar-refractivity contribution in [3.05, 3.63) is 34.9 Å². The third kappa shape index (κ3) is 1.56. The summed E-state index contributed by atoms with van der Waals surface area (Å²) in [6, 6.07) is 3.85. The first-order chi connectivity index (χ1) is 10.1. The molecular weight excluding hydrogens is 266 g/mol. The molecule has 2 heterocycles. The van der Waals surface area contributed by atoms with Crippen molar-refractivity contribution >= 4 is 11.6 Å². The quantitative estimate of drug-likeness (QED) is 0.849. The van der Waals surface area contributed by atoms with Crippen molar-refractivity contribution in [1.29, 1.82) is 0 Å². The maximum absolute atomic E-state index is 12.6. The van der Waals surface area contributed by atoms with Crippen LogP contribution in [-0.2, 0) is 10.3 Å². The maximum atomic E-state index is 12.6. The molecule has 4 nitrogen and oxygen atoms in total. The van der Waals surface area contributed by atoms with Crippen molar-refractivity contribution < 1.29 is 14.7 Å². The molecule has 4 rings (SSSR count). The van der Waals surface area contributed by atoms with Gasteiger partial charge in [0, 0.05) is 5.69 Å². The van der Waals surface area contributed by atoms with E-state index in [9.17, 15) is 14.7 Å². The zero-order chi connectivity index (χ0) is 14.8. The summed E-state index contributed by atoms with van der Waals surface area (Å²) < 4.78 is 2.07. The van der Waals surface area contributed by atoms with Gasteiger partial charge in [-0.15, -0.1) is 0 Å². The zero-order valence-corrected chi connectivity index (χ0v) is 12.2. The highest BCUT2D eigenvalue weighted by molar-refractivity contribution is 6.26. The van der Waals surface area contributed by atoms with Crippen LogP contribution in [0.15, 0.2) is 23.5 Å². The van der Waals surface area contributed by atoms with Crippen molar-refractivity contribution in [2.75, 3.05) is 0 Å². The van der Waals surface area contributed by atoms with E-state index in [4.69, 9.17) is 0 Å². The summed E-state index contributed by atoms with van der Waals surface area (Å²) in [5, 5.41) is 10.8. The molecule has 1 aliphatic heterocycles. The number of ketones is 2. The van der Waals surface area contributed by atoms with E-state index in [0.29, 0.717) is 11.6 Å². The smallest absolute Gasteiger partial charge is 0.216 e. The van der Waals surface area contributed by atoms with Crippen LogP contribution in [0.4, 0.5) is 0 Å². The Hall–Kier alpha value is -1.84. The number of Topliss-reactive ketones (excluding diaryl/α,β-unsaturated/α-hetero) is 2. The van der Waals surface area contributed by atoms with E-state index in [1.54, 1.807) is 0 Å². The largest absolute Gasteiger partial charge is 0.509 e. The second-order valence-corrected chi connectivity index (χ2v) is 6.60. The summed E-state index contributed by atoms with van der Waals surface area (Å²) in [5.41, 5.74) is 1.20. The number of carbonyl (C=O) groups is 2. The Morgan fingerprint density at radius 1 is 1.29 bits per heavy atom. The lowest BCUT2D eigenvalue weighted by Gasteiger charge is -2.38. The lowest BCUT2D eigenvalue weighted by molar-refractivity contribution is -0.113. The number of fused-ring (bicyclic) bond motifs is 2. The van der Waals surface area contributed by atoms with Gasteiger partial charge < -0.3 is 9.67 Å². The fourth-order valence-electron chi connectivity index (χ4n) is 4.13. The van der Waals surface area contributed by atoms with Crippen LogP contribution in [0.3, 0.4) is 0 Å². The van der Waals surface area contributed by atoms with Crippen molar-refractivity contribution in [1.82, 2.24) is 4.57 Å². The van der Waals surface area contributed by atoms with Gasteiger partial charge in [-0.1, -0.05) is 12.8 Å². The minimum Gasteiger partial charge on any atom is -0.509 e. The van der Waals surface area contributed by atoms with Crippen molar-refractivity contribution in [2.45, 2.75) is 56.9 Å². The highest BCUT2D eigenvalue weighted by Gasteiger charge is 2.50. The molecule has 0 amide bonds. The molecule has 1 spiro atoms. The van der Waals surface area contributed by atoms with Gasteiger partial charge in [-0.3, -0.25) is 9.59 Å². The number of carbonyl (C=O) groups excluding carboxylic acids is 2. The van der Waals surface area contributed by atoms with Gasteiger partial charge in [-0.05, 0) is 50.7 Å². The number of allylic oxidation sites excluding steroid dienone is 2. The van der Waals surface area contributed by atoms with Gasteiger partial charge >= 0.3 is 0 Å². The number of hydrogen-bond donors (Lipinski definition) is 1. The van der Waals surface area contributed by atoms with Crippen LogP contribution in [0.25, 0.3) is 0 Å². The molecule has 110 valence electrons. The Morgan fingerprint density at radius 2 is 1.95 bits per heavy atom. The normalized spacial score (nSPS) is 23.8. The first-order valence-corrected chi connectivity index (χ1v) is 7.78. The summed E-state index contributed by atoms with van der Waals surface area (Å²) in [5.74, 6) is -0.118. The lowest BCUT2D eigenvalue weighted by Crippen LogP contribution is -2.42. The van der Waals surface area contributed by atoms with E-state index in [0.717, 1.165) is 44.2 Å². The van der Waals surface area contributed by atoms with Gasteiger partial charge in [0.05, 0.1) is 5.69 Å². The van der Waals surface area contributed by atoms with E-state index in [1.165, 1.54) is 6.92 Å². The van der Waals surface area contributed by atoms with Crippen molar-refractivity contribution in [2.24, 2.45) is 0 Å².